The molecule has 1 atom stereocenters. The third kappa shape index (κ3) is 5.17. The van der Waals surface area contributed by atoms with Crippen molar-refractivity contribution < 1.29 is 28.6 Å². The molecule has 2 aromatic rings. The molecule has 0 spiro atoms. The summed E-state index contributed by atoms with van der Waals surface area (Å²) < 4.78 is 16.3. The summed E-state index contributed by atoms with van der Waals surface area (Å²) >= 11 is 0. The van der Waals surface area contributed by atoms with Crippen LogP contribution in [-0.2, 0) is 14.3 Å². The molecule has 7 nitrogen and oxygen atoms in total. The van der Waals surface area contributed by atoms with Crippen LogP contribution in [0, 0.1) is 0 Å². The van der Waals surface area contributed by atoms with Crippen molar-refractivity contribution in [1.29, 1.82) is 0 Å². The zero-order valence-electron chi connectivity index (χ0n) is 17.1. The van der Waals surface area contributed by atoms with E-state index in [1.165, 1.54) is 14.0 Å². The molecule has 0 bridgehead atoms. The van der Waals surface area contributed by atoms with Gasteiger partial charge in [0, 0.05) is 24.2 Å². The normalized spacial score (nSPS) is 14.1. The van der Waals surface area contributed by atoms with Gasteiger partial charge in [0.05, 0.1) is 7.11 Å². The third-order valence-corrected chi connectivity index (χ3v) is 4.91. The van der Waals surface area contributed by atoms with Crippen molar-refractivity contribution in [3.05, 3.63) is 59.7 Å². The summed E-state index contributed by atoms with van der Waals surface area (Å²) in [5.74, 6) is -0.361. The van der Waals surface area contributed by atoms with Crippen molar-refractivity contribution in [1.82, 2.24) is 4.90 Å². The van der Waals surface area contributed by atoms with Crippen LogP contribution in [0.2, 0.25) is 0 Å². The lowest BCUT2D eigenvalue weighted by Gasteiger charge is -2.23. The maximum atomic E-state index is 12.9. The number of hydrogen-bond donors (Lipinski definition) is 0. The van der Waals surface area contributed by atoms with Gasteiger partial charge in [0.15, 0.2) is 23.9 Å². The molecule has 7 heteroatoms. The number of rotatable bonds is 8. The number of esters is 1. The van der Waals surface area contributed by atoms with Gasteiger partial charge in [-0.25, -0.2) is 4.79 Å². The monoisotopic (exact) mass is 411 g/mol. The molecule has 158 valence electrons. The Morgan fingerprint density at radius 2 is 1.70 bits per heavy atom. The molecule has 1 aliphatic rings. The Hall–Kier alpha value is -3.35. The van der Waals surface area contributed by atoms with E-state index in [1.54, 1.807) is 47.4 Å². The maximum Gasteiger partial charge on any atom is 0.345 e. The molecule has 30 heavy (non-hydrogen) atoms. The fourth-order valence-corrected chi connectivity index (χ4v) is 3.30. The molecule has 0 radical (unpaired) electrons. The number of ether oxygens (including phenoxy) is 3. The van der Waals surface area contributed by atoms with E-state index < -0.39 is 18.7 Å². The third-order valence-electron chi connectivity index (χ3n) is 4.91. The highest BCUT2D eigenvalue weighted by atomic mass is 16.6. The summed E-state index contributed by atoms with van der Waals surface area (Å²) in [6.07, 6.45) is 0.878. The Morgan fingerprint density at radius 1 is 1.00 bits per heavy atom. The van der Waals surface area contributed by atoms with Crippen LogP contribution >= 0.6 is 0 Å². The molecule has 1 heterocycles. The van der Waals surface area contributed by atoms with Crippen molar-refractivity contribution in [2.24, 2.45) is 0 Å². The van der Waals surface area contributed by atoms with Crippen molar-refractivity contribution in [3.63, 3.8) is 0 Å². The molecule has 0 N–H and O–H groups in total. The average molecular weight is 411 g/mol. The van der Waals surface area contributed by atoms with Crippen LogP contribution < -0.4 is 9.47 Å². The zero-order valence-corrected chi connectivity index (χ0v) is 17.1. The first-order valence-electron chi connectivity index (χ1n) is 9.84. The number of benzene rings is 2. The van der Waals surface area contributed by atoms with Gasteiger partial charge in [0.25, 0.3) is 5.91 Å². The van der Waals surface area contributed by atoms with Gasteiger partial charge in [-0.05, 0) is 38.0 Å². The molecule has 3 rings (SSSR count). The summed E-state index contributed by atoms with van der Waals surface area (Å²) in [6.45, 7) is 2.38. The van der Waals surface area contributed by atoms with Crippen LogP contribution in [-0.4, -0.2) is 49.4 Å². The van der Waals surface area contributed by atoms with Gasteiger partial charge in [0.2, 0.25) is 6.10 Å². The Balaban J connectivity index is 1.69. The van der Waals surface area contributed by atoms with E-state index >= 15 is 0 Å². The predicted octanol–water partition coefficient (Wildman–Crippen LogP) is 3.18. The van der Waals surface area contributed by atoms with E-state index in [9.17, 15) is 14.4 Å². The second kappa shape index (κ2) is 9.91. The van der Waals surface area contributed by atoms with Crippen LogP contribution in [0.25, 0.3) is 0 Å². The number of hydrogen-bond acceptors (Lipinski definition) is 6. The number of carbonyl (C=O) groups is 3. The Labute approximate surface area is 175 Å². The van der Waals surface area contributed by atoms with E-state index in [4.69, 9.17) is 14.2 Å². The lowest BCUT2D eigenvalue weighted by molar-refractivity contribution is -0.162. The van der Waals surface area contributed by atoms with Crippen LogP contribution in [0.4, 0.5) is 0 Å². The summed E-state index contributed by atoms with van der Waals surface area (Å²) in [6, 6.07) is 13.7. The maximum absolute atomic E-state index is 12.9. The summed E-state index contributed by atoms with van der Waals surface area (Å²) in [7, 11) is 1.45. The minimum absolute atomic E-state index is 0.106. The van der Waals surface area contributed by atoms with E-state index in [0.717, 1.165) is 12.8 Å². The lowest BCUT2D eigenvalue weighted by atomic mass is 10.1. The Kier molecular flexibility index (Phi) is 7.06. The second-order valence-electron chi connectivity index (χ2n) is 7.02. The number of nitrogens with zero attached hydrogens (tertiary/aromatic N) is 1. The predicted molar refractivity (Wildman–Crippen MR) is 110 cm³/mol. The number of carbonyl (C=O) groups excluding carboxylic acids is 3. The minimum Gasteiger partial charge on any atom is -0.493 e. The topological polar surface area (TPSA) is 82.1 Å². The van der Waals surface area contributed by atoms with Crippen LogP contribution in [0.5, 0.6) is 11.5 Å². The van der Waals surface area contributed by atoms with Gasteiger partial charge in [-0.3, -0.25) is 9.59 Å². The summed E-state index contributed by atoms with van der Waals surface area (Å²) in [5, 5.41) is 0. The largest absolute Gasteiger partial charge is 0.493 e. The van der Waals surface area contributed by atoms with Crippen LogP contribution in [0.1, 0.15) is 41.8 Å². The first-order valence-corrected chi connectivity index (χ1v) is 9.84. The summed E-state index contributed by atoms with van der Waals surface area (Å²) in [4.78, 5) is 38.6. The Bertz CT molecular complexity index is 905. The quantitative estimate of drug-likeness (QED) is 0.490. The van der Waals surface area contributed by atoms with Crippen LogP contribution in [0.15, 0.2) is 48.5 Å². The van der Waals surface area contributed by atoms with Gasteiger partial charge in [-0.1, -0.05) is 30.3 Å². The summed E-state index contributed by atoms with van der Waals surface area (Å²) in [5.41, 5.74) is 1.09. The number of likely N-dealkylation sites (tertiary alicyclic amines) is 1. The van der Waals surface area contributed by atoms with Gasteiger partial charge >= 0.3 is 5.97 Å². The van der Waals surface area contributed by atoms with Gasteiger partial charge in [-0.15, -0.1) is 0 Å². The zero-order chi connectivity index (χ0) is 21.5. The minimum atomic E-state index is -1.01. The van der Waals surface area contributed by atoms with Gasteiger partial charge in [0.1, 0.15) is 0 Å². The molecule has 0 saturated carbocycles. The van der Waals surface area contributed by atoms with Crippen molar-refractivity contribution in [2.45, 2.75) is 25.9 Å². The standard InChI is InChI=1S/C23H25NO6/c1-16(25)18-10-11-19(20(14-18)28-2)29-15-21(26)30-22(17-8-4-3-5-9-17)23(27)24-12-6-7-13-24/h3-5,8-11,14,22H,6-7,12-13,15H2,1-2H3. The lowest BCUT2D eigenvalue weighted by Crippen LogP contribution is -2.35. The highest BCUT2D eigenvalue weighted by Crippen LogP contribution is 2.29. The van der Waals surface area contributed by atoms with E-state index in [2.05, 4.69) is 0 Å². The molecular weight excluding hydrogens is 386 g/mol. The average Bonchev–Trinajstić information content (AvgIpc) is 3.31. The fraction of sp³-hybridized carbons (Fsp3) is 0.348. The van der Waals surface area contributed by atoms with E-state index in [-0.39, 0.29) is 11.7 Å². The first-order chi connectivity index (χ1) is 14.5. The molecule has 1 unspecified atom stereocenters. The van der Waals surface area contributed by atoms with E-state index in [0.29, 0.717) is 35.7 Å². The smallest absolute Gasteiger partial charge is 0.345 e. The van der Waals surface area contributed by atoms with Crippen molar-refractivity contribution in [3.8, 4) is 11.5 Å². The number of methoxy groups -OCH3 is 1. The molecular formula is C23H25NO6. The molecule has 1 fully saturated rings. The molecule has 1 amide bonds. The van der Waals surface area contributed by atoms with Crippen molar-refractivity contribution in [2.75, 3.05) is 26.8 Å². The number of ketones is 1. The SMILES string of the molecule is COc1cc(C(C)=O)ccc1OCC(=O)OC(C(=O)N1CCCC1)c1ccccc1. The second-order valence-corrected chi connectivity index (χ2v) is 7.02. The molecule has 2 aromatic carbocycles. The highest BCUT2D eigenvalue weighted by molar-refractivity contribution is 5.94. The number of amides is 1. The Morgan fingerprint density at radius 3 is 2.33 bits per heavy atom. The molecule has 0 aliphatic carbocycles. The fourth-order valence-electron chi connectivity index (χ4n) is 3.30. The van der Waals surface area contributed by atoms with Gasteiger partial charge < -0.3 is 19.1 Å². The number of Topliss-reactive ketones (excluding diaryl/α,β-unsaturated/α-hetero) is 1. The van der Waals surface area contributed by atoms with Crippen LogP contribution in [0.3, 0.4) is 0 Å². The van der Waals surface area contributed by atoms with Gasteiger partial charge in [-0.2, -0.15) is 0 Å². The first kappa shape index (κ1) is 21.4. The molecule has 0 aromatic heterocycles. The molecule has 1 saturated heterocycles. The highest BCUT2D eigenvalue weighted by Gasteiger charge is 2.31. The van der Waals surface area contributed by atoms with Crippen molar-refractivity contribution >= 4 is 17.7 Å². The van der Waals surface area contributed by atoms with E-state index in [1.807, 2.05) is 6.07 Å². The molecule has 1 aliphatic heterocycles.